The smallest absolute Gasteiger partial charge is 0.363 e. The molecule has 0 aliphatic carbocycles. The summed E-state index contributed by atoms with van der Waals surface area (Å²) in [7, 11) is 3.04. The number of hydrogen-bond donors (Lipinski definition) is 0. The Kier molecular flexibility index (Phi) is 6.55. The number of halogens is 1. The van der Waals surface area contributed by atoms with E-state index in [1.807, 2.05) is 0 Å². The monoisotopic (exact) mass is 507 g/mol. The molecule has 0 fully saturated rings. The second-order valence-electron chi connectivity index (χ2n) is 6.87. The van der Waals surface area contributed by atoms with Crippen LogP contribution < -0.4 is 14.2 Å². The zero-order valence-corrected chi connectivity index (χ0v) is 19.3. The van der Waals surface area contributed by atoms with Crippen LogP contribution in [-0.2, 0) is 9.53 Å². The Labute approximate surface area is 198 Å². The summed E-state index contributed by atoms with van der Waals surface area (Å²) < 4.78 is 22.1. The number of nitrogens with zero attached hydrogens (tertiary/aromatic N) is 1. The summed E-state index contributed by atoms with van der Waals surface area (Å²) in [6.07, 6.45) is 1.57. The maximum Gasteiger partial charge on any atom is 0.363 e. The summed E-state index contributed by atoms with van der Waals surface area (Å²) >= 11 is 3.33. The van der Waals surface area contributed by atoms with Crippen LogP contribution in [0.5, 0.6) is 17.2 Å². The van der Waals surface area contributed by atoms with Crippen LogP contribution >= 0.6 is 15.9 Å². The van der Waals surface area contributed by atoms with Gasteiger partial charge < -0.3 is 18.9 Å². The number of aliphatic imine (C=N–C) groups is 1. The van der Waals surface area contributed by atoms with Gasteiger partial charge in [-0.05, 0) is 72.3 Å². The summed E-state index contributed by atoms with van der Waals surface area (Å²) in [6, 6.07) is 18.8. The molecule has 0 N–H and O–H groups in total. The minimum absolute atomic E-state index is 0.141. The van der Waals surface area contributed by atoms with Gasteiger partial charge in [-0.2, -0.15) is 0 Å². The first-order valence-corrected chi connectivity index (χ1v) is 10.6. The summed E-state index contributed by atoms with van der Waals surface area (Å²) in [5.41, 5.74) is 1.82. The van der Waals surface area contributed by atoms with Gasteiger partial charge >= 0.3 is 11.9 Å². The molecule has 1 aliphatic rings. The maximum absolute atomic E-state index is 12.4. The van der Waals surface area contributed by atoms with Crippen LogP contribution in [0.15, 0.2) is 81.9 Å². The molecule has 0 saturated carbocycles. The summed E-state index contributed by atoms with van der Waals surface area (Å²) in [5, 5.41) is 0. The fraction of sp³-hybridized carbons (Fsp3) is 0.0800. The number of cyclic esters (lactones) is 1. The highest BCUT2D eigenvalue weighted by molar-refractivity contribution is 9.10. The van der Waals surface area contributed by atoms with Crippen molar-refractivity contribution in [3.05, 3.63) is 93.6 Å². The fourth-order valence-electron chi connectivity index (χ4n) is 3.03. The minimum atomic E-state index is -0.564. The van der Waals surface area contributed by atoms with Crippen molar-refractivity contribution < 1.29 is 28.5 Å². The van der Waals surface area contributed by atoms with Crippen LogP contribution in [0.25, 0.3) is 6.08 Å². The van der Waals surface area contributed by atoms with E-state index in [1.165, 1.54) is 7.11 Å². The molecule has 8 heteroatoms. The number of carbonyl (C=O) groups is 2. The van der Waals surface area contributed by atoms with Crippen molar-refractivity contribution in [3.63, 3.8) is 0 Å². The Bertz CT molecular complexity index is 1260. The third-order valence-corrected chi connectivity index (χ3v) is 5.26. The predicted octanol–water partition coefficient (Wildman–Crippen LogP) is 5.03. The molecular formula is C25H18BrNO6. The van der Waals surface area contributed by atoms with E-state index in [-0.39, 0.29) is 17.3 Å². The van der Waals surface area contributed by atoms with E-state index in [1.54, 1.807) is 79.9 Å². The Morgan fingerprint density at radius 1 is 0.939 bits per heavy atom. The first kappa shape index (κ1) is 22.3. The van der Waals surface area contributed by atoms with Gasteiger partial charge in [0.2, 0.25) is 5.90 Å². The molecular weight excluding hydrogens is 490 g/mol. The number of ether oxygens (including phenoxy) is 4. The summed E-state index contributed by atoms with van der Waals surface area (Å²) in [5.74, 6) is 0.406. The highest BCUT2D eigenvalue weighted by Gasteiger charge is 2.24. The zero-order chi connectivity index (χ0) is 23.4. The number of rotatable bonds is 6. The van der Waals surface area contributed by atoms with Gasteiger partial charge in [0.1, 0.15) is 5.75 Å². The zero-order valence-electron chi connectivity index (χ0n) is 17.7. The third-order valence-electron chi connectivity index (χ3n) is 4.73. The van der Waals surface area contributed by atoms with Crippen LogP contribution in [0.3, 0.4) is 0 Å². The first-order chi connectivity index (χ1) is 16.0. The molecule has 0 aromatic heterocycles. The van der Waals surface area contributed by atoms with Crippen molar-refractivity contribution in [1.29, 1.82) is 0 Å². The molecule has 7 nitrogen and oxygen atoms in total. The highest BCUT2D eigenvalue weighted by Crippen LogP contribution is 2.30. The maximum atomic E-state index is 12.4. The van der Waals surface area contributed by atoms with Crippen LogP contribution in [0.1, 0.15) is 21.5 Å². The van der Waals surface area contributed by atoms with E-state index in [2.05, 4.69) is 20.9 Å². The van der Waals surface area contributed by atoms with E-state index < -0.39 is 11.9 Å². The number of hydrogen-bond acceptors (Lipinski definition) is 7. The second-order valence-corrected chi connectivity index (χ2v) is 7.79. The normalized spacial score (nSPS) is 14.0. The minimum Gasteiger partial charge on any atom is -0.497 e. The Morgan fingerprint density at radius 2 is 1.67 bits per heavy atom. The molecule has 4 rings (SSSR count). The molecule has 0 amide bonds. The van der Waals surface area contributed by atoms with E-state index in [0.717, 1.165) is 4.47 Å². The van der Waals surface area contributed by atoms with Gasteiger partial charge in [0.05, 0.1) is 19.8 Å². The largest absolute Gasteiger partial charge is 0.497 e. The summed E-state index contributed by atoms with van der Waals surface area (Å²) in [6.45, 7) is 0. The van der Waals surface area contributed by atoms with E-state index >= 15 is 0 Å². The molecule has 1 aliphatic heterocycles. The molecule has 3 aromatic carbocycles. The van der Waals surface area contributed by atoms with E-state index in [0.29, 0.717) is 28.2 Å². The third kappa shape index (κ3) is 5.12. The van der Waals surface area contributed by atoms with Crippen molar-refractivity contribution in [1.82, 2.24) is 0 Å². The van der Waals surface area contributed by atoms with Gasteiger partial charge in [0.15, 0.2) is 17.2 Å². The van der Waals surface area contributed by atoms with Crippen molar-refractivity contribution >= 4 is 39.8 Å². The van der Waals surface area contributed by atoms with Gasteiger partial charge in [-0.3, -0.25) is 0 Å². The van der Waals surface area contributed by atoms with Crippen LogP contribution in [0.2, 0.25) is 0 Å². The van der Waals surface area contributed by atoms with Crippen molar-refractivity contribution in [2.24, 2.45) is 4.99 Å². The molecule has 0 unspecified atom stereocenters. The average Bonchev–Trinajstić information content (AvgIpc) is 3.20. The number of benzene rings is 3. The molecule has 0 spiro atoms. The average molecular weight is 508 g/mol. The molecule has 1 heterocycles. The van der Waals surface area contributed by atoms with E-state index in [4.69, 9.17) is 18.9 Å². The topological polar surface area (TPSA) is 83.4 Å². The number of methoxy groups -OCH3 is 2. The van der Waals surface area contributed by atoms with E-state index in [9.17, 15) is 9.59 Å². The quantitative estimate of drug-likeness (QED) is 0.264. The van der Waals surface area contributed by atoms with Crippen molar-refractivity contribution in [2.75, 3.05) is 14.2 Å². The van der Waals surface area contributed by atoms with Crippen LogP contribution in [0.4, 0.5) is 0 Å². The predicted molar refractivity (Wildman–Crippen MR) is 126 cm³/mol. The van der Waals surface area contributed by atoms with Gasteiger partial charge in [0, 0.05) is 10.0 Å². The lowest BCUT2D eigenvalue weighted by atomic mass is 10.1. The molecule has 0 radical (unpaired) electrons. The van der Waals surface area contributed by atoms with Gasteiger partial charge in [-0.15, -0.1) is 0 Å². The Morgan fingerprint density at radius 3 is 2.33 bits per heavy atom. The molecule has 33 heavy (non-hydrogen) atoms. The molecule has 0 atom stereocenters. The standard InChI is InChI=1S/C25H18BrNO6/c1-30-19-10-6-16(7-11-19)23-27-20(25(29)33-23)13-15-3-12-21(22(14-15)31-2)32-24(28)17-4-8-18(26)9-5-17/h3-14H,1-2H3/b20-13-. The molecule has 3 aromatic rings. The van der Waals surface area contributed by atoms with Gasteiger partial charge in [-0.1, -0.05) is 22.0 Å². The van der Waals surface area contributed by atoms with Crippen molar-refractivity contribution in [3.8, 4) is 17.2 Å². The SMILES string of the molecule is COc1ccc(C2=N/C(=C\c3ccc(OC(=O)c4ccc(Br)cc4)c(OC)c3)C(=O)O2)cc1. The van der Waals surface area contributed by atoms with Crippen molar-refractivity contribution in [2.45, 2.75) is 0 Å². The van der Waals surface area contributed by atoms with Gasteiger partial charge in [0.25, 0.3) is 0 Å². The summed E-state index contributed by atoms with van der Waals surface area (Å²) in [4.78, 5) is 29.0. The highest BCUT2D eigenvalue weighted by atomic mass is 79.9. The fourth-order valence-corrected chi connectivity index (χ4v) is 3.29. The van der Waals surface area contributed by atoms with Gasteiger partial charge in [-0.25, -0.2) is 14.6 Å². The molecule has 0 saturated heterocycles. The van der Waals surface area contributed by atoms with Crippen LogP contribution in [-0.4, -0.2) is 32.1 Å². The molecule has 166 valence electrons. The first-order valence-electron chi connectivity index (χ1n) is 9.79. The lowest BCUT2D eigenvalue weighted by Crippen LogP contribution is -2.09. The second kappa shape index (κ2) is 9.70. The Balaban J connectivity index is 1.55. The lowest BCUT2D eigenvalue weighted by molar-refractivity contribution is -0.129. The van der Waals surface area contributed by atoms with Crippen LogP contribution in [0, 0.1) is 0 Å². The number of esters is 2. The Hall–Kier alpha value is -3.91. The number of carbonyl (C=O) groups excluding carboxylic acids is 2. The molecule has 0 bridgehead atoms. The lowest BCUT2D eigenvalue weighted by Gasteiger charge is -2.10.